The molecule has 0 amide bonds. The van der Waals surface area contributed by atoms with Gasteiger partial charge in [0.1, 0.15) is 11.8 Å². The minimum Gasteiger partial charge on any atom is -0.352 e. The van der Waals surface area contributed by atoms with Crippen LogP contribution in [0.15, 0.2) is 51.3 Å². The van der Waals surface area contributed by atoms with E-state index in [-0.39, 0.29) is 21.2 Å². The molecule has 0 aliphatic heterocycles. The summed E-state index contributed by atoms with van der Waals surface area (Å²) in [5.74, 6) is 0. The highest BCUT2D eigenvalue weighted by Crippen LogP contribution is 2.47. The van der Waals surface area contributed by atoms with Gasteiger partial charge in [0.05, 0.1) is 20.5 Å². The second kappa shape index (κ2) is 7.72. The van der Waals surface area contributed by atoms with Crippen molar-refractivity contribution in [2.75, 3.05) is 0 Å². The number of allylic oxidation sites excluding steroid dienone is 4. The van der Waals surface area contributed by atoms with Crippen LogP contribution in [0.1, 0.15) is 30.3 Å². The van der Waals surface area contributed by atoms with E-state index in [2.05, 4.69) is 4.98 Å². The Balaban J connectivity index is 2.16. The molecule has 1 unspecified atom stereocenters. The summed E-state index contributed by atoms with van der Waals surface area (Å²) in [5, 5.41) is 10.7. The van der Waals surface area contributed by atoms with Crippen LogP contribution in [0.3, 0.4) is 0 Å². The van der Waals surface area contributed by atoms with Crippen molar-refractivity contribution >= 4 is 46.6 Å². The van der Waals surface area contributed by atoms with Crippen LogP contribution in [0.25, 0.3) is 0 Å². The van der Waals surface area contributed by atoms with Gasteiger partial charge in [0.15, 0.2) is 0 Å². The van der Waals surface area contributed by atoms with Gasteiger partial charge in [-0.15, -0.1) is 0 Å². The van der Waals surface area contributed by atoms with Crippen molar-refractivity contribution in [2.45, 2.75) is 34.7 Å². The maximum Gasteiger partial charge on any atom is 0.432 e. The normalized spacial score (nSPS) is 19.4. The van der Waals surface area contributed by atoms with Crippen molar-refractivity contribution in [1.82, 2.24) is 4.98 Å². The van der Waals surface area contributed by atoms with Crippen molar-refractivity contribution < 1.29 is 13.2 Å². The summed E-state index contributed by atoms with van der Waals surface area (Å²) in [6.45, 7) is 1.75. The van der Waals surface area contributed by atoms with Crippen LogP contribution >= 0.6 is 46.6 Å². The topological polar surface area (TPSA) is 39.6 Å². The van der Waals surface area contributed by atoms with Gasteiger partial charge in [-0.2, -0.15) is 18.4 Å². The van der Waals surface area contributed by atoms with Gasteiger partial charge < -0.3 is 4.98 Å². The predicted octanol–water partition coefficient (Wildman–Crippen LogP) is 7.70. The average molecular weight is 464 g/mol. The van der Waals surface area contributed by atoms with Gasteiger partial charge in [-0.3, -0.25) is 0 Å². The summed E-state index contributed by atoms with van der Waals surface area (Å²) in [4.78, 5) is 2.71. The number of rotatable bonds is 3. The van der Waals surface area contributed by atoms with Crippen LogP contribution in [0, 0.1) is 11.3 Å². The van der Waals surface area contributed by atoms with Crippen molar-refractivity contribution in [3.8, 4) is 6.07 Å². The molecule has 1 heterocycles. The number of halogens is 6. The van der Waals surface area contributed by atoms with Crippen molar-refractivity contribution in [2.24, 2.45) is 0 Å². The molecule has 1 N–H and O–H groups in total. The van der Waals surface area contributed by atoms with Gasteiger partial charge in [0.25, 0.3) is 0 Å². The van der Waals surface area contributed by atoms with E-state index in [1.165, 1.54) is 12.1 Å². The van der Waals surface area contributed by atoms with Gasteiger partial charge in [0.2, 0.25) is 0 Å². The lowest BCUT2D eigenvalue weighted by Gasteiger charge is -2.26. The van der Waals surface area contributed by atoms with E-state index in [1.54, 1.807) is 31.2 Å². The number of aromatic nitrogens is 1. The van der Waals surface area contributed by atoms with Gasteiger partial charge >= 0.3 is 6.18 Å². The molecule has 9 heteroatoms. The molecule has 0 saturated heterocycles. The van der Waals surface area contributed by atoms with Crippen LogP contribution in [0.2, 0.25) is 10.0 Å². The summed E-state index contributed by atoms with van der Waals surface area (Å²) in [6, 6.07) is 6.45. The molecule has 1 atom stereocenters. The SMILES string of the molecule is CC1(c2[nH]c(C(F)(F)F)c(Sc3ccc(Cl)c(Cl)c3)c2C#N)C=CC(Cl)=CC1. The number of hydrogen-bond acceptors (Lipinski definition) is 2. The maximum atomic E-state index is 13.7. The Morgan fingerprint density at radius 3 is 2.46 bits per heavy atom. The number of nitriles is 1. The molecular weight excluding hydrogens is 452 g/mol. The fraction of sp³-hybridized carbons (Fsp3) is 0.211. The lowest BCUT2D eigenvalue weighted by atomic mass is 9.79. The molecule has 0 fully saturated rings. The highest BCUT2D eigenvalue weighted by molar-refractivity contribution is 7.99. The Morgan fingerprint density at radius 1 is 1.21 bits per heavy atom. The van der Waals surface area contributed by atoms with E-state index in [4.69, 9.17) is 34.8 Å². The lowest BCUT2D eigenvalue weighted by Crippen LogP contribution is -2.22. The molecular formula is C19H12Cl3F3N2S. The number of hydrogen-bond donors (Lipinski definition) is 1. The van der Waals surface area contributed by atoms with Crippen LogP contribution in [-0.2, 0) is 11.6 Å². The number of nitrogens with zero attached hydrogens (tertiary/aromatic N) is 1. The molecule has 0 bridgehead atoms. The summed E-state index contributed by atoms with van der Waals surface area (Å²) in [6.07, 6.45) is 0.737. The quantitative estimate of drug-likeness (QED) is 0.506. The van der Waals surface area contributed by atoms with Gasteiger partial charge in [-0.25, -0.2) is 0 Å². The maximum absolute atomic E-state index is 13.7. The summed E-state index contributed by atoms with van der Waals surface area (Å²) in [5.41, 5.74) is -1.64. The minimum absolute atomic E-state index is 0.0537. The lowest BCUT2D eigenvalue weighted by molar-refractivity contribution is -0.143. The number of benzene rings is 1. The van der Waals surface area contributed by atoms with E-state index in [1.807, 2.05) is 6.07 Å². The van der Waals surface area contributed by atoms with E-state index in [0.29, 0.717) is 21.4 Å². The molecule has 28 heavy (non-hydrogen) atoms. The minimum atomic E-state index is -4.66. The Kier molecular flexibility index (Phi) is 5.84. The average Bonchev–Trinajstić information content (AvgIpc) is 3.00. The Labute approximate surface area is 179 Å². The molecule has 1 aromatic carbocycles. The van der Waals surface area contributed by atoms with Gasteiger partial charge in [0, 0.05) is 21.0 Å². The molecule has 0 spiro atoms. The van der Waals surface area contributed by atoms with Crippen molar-refractivity contribution in [3.63, 3.8) is 0 Å². The number of H-pyrrole nitrogens is 1. The monoisotopic (exact) mass is 462 g/mol. The first-order chi connectivity index (χ1) is 13.0. The fourth-order valence-corrected chi connectivity index (χ4v) is 4.44. The third kappa shape index (κ3) is 4.08. The van der Waals surface area contributed by atoms with Crippen LogP contribution in [0.5, 0.6) is 0 Å². The largest absolute Gasteiger partial charge is 0.432 e. The first kappa shape index (κ1) is 21.2. The zero-order valence-electron chi connectivity index (χ0n) is 14.3. The number of nitrogens with one attached hydrogen (secondary N) is 1. The molecule has 3 rings (SSSR count). The first-order valence-corrected chi connectivity index (χ1v) is 9.92. The highest BCUT2D eigenvalue weighted by Gasteiger charge is 2.41. The summed E-state index contributed by atoms with van der Waals surface area (Å²) >= 11 is 18.6. The van der Waals surface area contributed by atoms with Crippen LogP contribution in [0.4, 0.5) is 13.2 Å². The van der Waals surface area contributed by atoms with Crippen molar-refractivity contribution in [1.29, 1.82) is 5.26 Å². The zero-order chi connectivity index (χ0) is 20.7. The standard InChI is InChI=1S/C19H12Cl3F3N2S/c1-18(6-4-10(20)5-7-18)16-12(9-26)15(17(27-16)19(23,24)25)28-11-2-3-13(21)14(22)8-11/h2-6,8,27H,7H2,1H3. The smallest absolute Gasteiger partial charge is 0.352 e. The Bertz CT molecular complexity index is 1030. The fourth-order valence-electron chi connectivity index (χ4n) is 2.87. The van der Waals surface area contributed by atoms with E-state index >= 15 is 0 Å². The summed E-state index contributed by atoms with van der Waals surface area (Å²) in [7, 11) is 0. The van der Waals surface area contributed by atoms with Gasteiger partial charge in [-0.1, -0.05) is 65.6 Å². The molecule has 1 aliphatic rings. The summed E-state index contributed by atoms with van der Waals surface area (Å²) < 4.78 is 41.2. The molecule has 0 radical (unpaired) electrons. The van der Waals surface area contributed by atoms with Crippen LogP contribution < -0.4 is 0 Å². The predicted molar refractivity (Wildman–Crippen MR) is 106 cm³/mol. The Morgan fingerprint density at radius 2 is 1.93 bits per heavy atom. The Hall–Kier alpha value is -1.52. The van der Waals surface area contributed by atoms with Crippen LogP contribution in [-0.4, -0.2) is 4.98 Å². The first-order valence-electron chi connectivity index (χ1n) is 7.96. The number of alkyl halides is 3. The molecule has 1 aliphatic carbocycles. The molecule has 2 nitrogen and oxygen atoms in total. The van der Waals surface area contributed by atoms with Gasteiger partial charge in [-0.05, 0) is 30.7 Å². The van der Waals surface area contributed by atoms with E-state index < -0.39 is 17.3 Å². The van der Waals surface area contributed by atoms with E-state index in [9.17, 15) is 18.4 Å². The second-order valence-electron chi connectivity index (χ2n) is 6.41. The van der Waals surface area contributed by atoms with Crippen molar-refractivity contribution in [3.05, 3.63) is 68.5 Å². The molecule has 146 valence electrons. The number of aromatic amines is 1. The third-order valence-electron chi connectivity index (χ3n) is 4.36. The highest BCUT2D eigenvalue weighted by atomic mass is 35.5. The zero-order valence-corrected chi connectivity index (χ0v) is 17.4. The molecule has 0 saturated carbocycles. The second-order valence-corrected chi connectivity index (χ2v) is 8.75. The molecule has 2 aromatic rings. The third-order valence-corrected chi connectivity index (χ3v) is 6.48. The van der Waals surface area contributed by atoms with E-state index in [0.717, 1.165) is 11.8 Å². The molecule has 1 aromatic heterocycles.